The Morgan fingerprint density at radius 1 is 1.45 bits per heavy atom. The van der Waals surface area contributed by atoms with E-state index >= 15 is 0 Å². The van der Waals surface area contributed by atoms with Gasteiger partial charge in [-0.15, -0.1) is 12.6 Å². The summed E-state index contributed by atoms with van der Waals surface area (Å²) in [6.45, 7) is 0. The van der Waals surface area contributed by atoms with E-state index in [2.05, 4.69) is 22.6 Å². The van der Waals surface area contributed by atoms with Crippen LogP contribution in [0, 0.1) is 0 Å². The average molecular weight is 166 g/mol. The molecule has 3 nitrogen and oxygen atoms in total. The second-order valence-electron chi connectivity index (χ2n) is 2.23. The Morgan fingerprint density at radius 3 is 3.09 bits per heavy atom. The first-order valence-electron chi connectivity index (χ1n) is 3.13. The number of nitrogens with one attached hydrogen (secondary N) is 1. The van der Waals surface area contributed by atoms with Crippen LogP contribution in [0.5, 0.6) is 5.75 Å². The van der Waals surface area contributed by atoms with E-state index in [-0.39, 0.29) is 5.75 Å². The number of fused-ring (bicyclic) bond motifs is 1. The van der Waals surface area contributed by atoms with Gasteiger partial charge in [0, 0.05) is 4.90 Å². The molecule has 2 rings (SSSR count). The molecule has 0 spiro atoms. The molecule has 1 aromatic carbocycles. The van der Waals surface area contributed by atoms with Gasteiger partial charge in [0.1, 0.15) is 5.52 Å². The molecule has 0 aliphatic heterocycles. The summed E-state index contributed by atoms with van der Waals surface area (Å²) in [7, 11) is 0. The highest BCUT2D eigenvalue weighted by molar-refractivity contribution is 7.80. The quantitative estimate of drug-likeness (QED) is 0.520. The summed E-state index contributed by atoms with van der Waals surface area (Å²) in [6.07, 6.45) is 1.54. The third-order valence-electron chi connectivity index (χ3n) is 1.54. The van der Waals surface area contributed by atoms with Crippen molar-refractivity contribution in [2.24, 2.45) is 0 Å². The molecule has 1 aromatic heterocycles. The number of rotatable bonds is 0. The first-order valence-corrected chi connectivity index (χ1v) is 3.58. The molecular formula is C7H6N2OS. The summed E-state index contributed by atoms with van der Waals surface area (Å²) in [5, 5.41) is 9.39. The number of phenolic OH excluding ortho intramolecular Hbond substituents is 1. The molecule has 11 heavy (non-hydrogen) atoms. The molecule has 0 saturated carbocycles. The van der Waals surface area contributed by atoms with Gasteiger partial charge in [0.2, 0.25) is 0 Å². The highest BCUT2D eigenvalue weighted by atomic mass is 32.1. The summed E-state index contributed by atoms with van der Waals surface area (Å²) in [4.78, 5) is 7.35. The lowest BCUT2D eigenvalue weighted by molar-refractivity contribution is 0.468. The molecule has 0 bridgehead atoms. The molecule has 0 aliphatic rings. The second kappa shape index (κ2) is 2.17. The fourth-order valence-corrected chi connectivity index (χ4v) is 1.16. The summed E-state index contributed by atoms with van der Waals surface area (Å²) in [5.41, 5.74) is 1.39. The molecule has 0 saturated heterocycles. The van der Waals surface area contributed by atoms with E-state index in [9.17, 15) is 5.11 Å². The van der Waals surface area contributed by atoms with Gasteiger partial charge in [0.15, 0.2) is 5.75 Å². The number of imidazole rings is 1. The molecule has 56 valence electrons. The van der Waals surface area contributed by atoms with Gasteiger partial charge in [-0.2, -0.15) is 0 Å². The lowest BCUT2D eigenvalue weighted by Gasteiger charge is -1.95. The minimum absolute atomic E-state index is 0.132. The lowest BCUT2D eigenvalue weighted by Crippen LogP contribution is -1.73. The smallest absolute Gasteiger partial charge is 0.156 e. The maximum atomic E-state index is 9.39. The van der Waals surface area contributed by atoms with E-state index in [1.165, 1.54) is 6.33 Å². The molecule has 1 heterocycles. The van der Waals surface area contributed by atoms with Crippen LogP contribution in [-0.4, -0.2) is 15.1 Å². The van der Waals surface area contributed by atoms with Gasteiger partial charge in [0.25, 0.3) is 0 Å². The van der Waals surface area contributed by atoms with Crippen molar-refractivity contribution < 1.29 is 5.11 Å². The Kier molecular flexibility index (Phi) is 1.29. The fourth-order valence-electron chi connectivity index (χ4n) is 0.983. The predicted octanol–water partition coefficient (Wildman–Crippen LogP) is 1.56. The number of benzene rings is 1. The lowest BCUT2D eigenvalue weighted by atomic mass is 10.3. The Hall–Kier alpha value is -1.16. The van der Waals surface area contributed by atoms with Crippen molar-refractivity contribution in [3.63, 3.8) is 0 Å². The van der Waals surface area contributed by atoms with Crippen LogP contribution in [0.1, 0.15) is 0 Å². The minimum Gasteiger partial charge on any atom is -0.505 e. The van der Waals surface area contributed by atoms with E-state index in [1.807, 2.05) is 6.07 Å². The van der Waals surface area contributed by atoms with Crippen molar-refractivity contribution in [2.75, 3.05) is 0 Å². The largest absolute Gasteiger partial charge is 0.505 e. The number of aromatic nitrogens is 2. The van der Waals surface area contributed by atoms with E-state index in [0.717, 1.165) is 5.52 Å². The van der Waals surface area contributed by atoms with Crippen LogP contribution in [0.3, 0.4) is 0 Å². The average Bonchev–Trinajstić information content (AvgIpc) is 2.45. The summed E-state index contributed by atoms with van der Waals surface area (Å²) >= 11 is 4.04. The predicted molar refractivity (Wildman–Crippen MR) is 45.0 cm³/mol. The fraction of sp³-hybridized carbons (Fsp3) is 0. The van der Waals surface area contributed by atoms with Crippen LogP contribution in [0.25, 0.3) is 11.0 Å². The Bertz CT molecular complexity index is 396. The maximum absolute atomic E-state index is 9.39. The standard InChI is InChI=1S/C7H6N2OS/c10-7-5(11)2-1-4-6(7)9-3-8-4/h1-3,10-11H,(H,8,9). The van der Waals surface area contributed by atoms with Gasteiger partial charge in [-0.05, 0) is 12.1 Å². The monoisotopic (exact) mass is 166 g/mol. The highest BCUT2D eigenvalue weighted by Gasteiger charge is 2.03. The second-order valence-corrected chi connectivity index (χ2v) is 2.71. The van der Waals surface area contributed by atoms with Crippen molar-refractivity contribution in [2.45, 2.75) is 4.90 Å². The summed E-state index contributed by atoms with van der Waals surface area (Å²) in [6, 6.07) is 3.54. The van der Waals surface area contributed by atoms with Crippen LogP contribution in [0.2, 0.25) is 0 Å². The molecule has 2 N–H and O–H groups in total. The molecule has 0 fully saturated rings. The van der Waals surface area contributed by atoms with Crippen LogP contribution < -0.4 is 0 Å². The molecule has 0 aliphatic carbocycles. The number of aromatic amines is 1. The van der Waals surface area contributed by atoms with Crippen LogP contribution in [-0.2, 0) is 0 Å². The zero-order valence-electron chi connectivity index (χ0n) is 5.57. The SMILES string of the molecule is Oc1c(S)ccc2[nH]cnc12. The van der Waals surface area contributed by atoms with Crippen LogP contribution in [0.15, 0.2) is 23.4 Å². The van der Waals surface area contributed by atoms with Crippen molar-refractivity contribution in [1.82, 2.24) is 9.97 Å². The first-order chi connectivity index (χ1) is 5.29. The Labute approximate surface area is 68.5 Å². The molecule has 0 radical (unpaired) electrons. The molecule has 0 amide bonds. The van der Waals surface area contributed by atoms with Gasteiger partial charge >= 0.3 is 0 Å². The van der Waals surface area contributed by atoms with Crippen molar-refractivity contribution >= 4 is 23.7 Å². The zero-order valence-corrected chi connectivity index (χ0v) is 6.47. The van der Waals surface area contributed by atoms with Crippen LogP contribution in [0.4, 0.5) is 0 Å². The van der Waals surface area contributed by atoms with Crippen molar-refractivity contribution in [3.05, 3.63) is 18.5 Å². The van der Waals surface area contributed by atoms with Crippen LogP contribution >= 0.6 is 12.6 Å². The first kappa shape index (κ1) is 6.54. The highest BCUT2D eigenvalue weighted by Crippen LogP contribution is 2.28. The van der Waals surface area contributed by atoms with Gasteiger partial charge in [-0.1, -0.05) is 0 Å². The number of hydrogen-bond acceptors (Lipinski definition) is 3. The molecule has 2 aromatic rings. The number of phenols is 1. The van der Waals surface area contributed by atoms with Gasteiger partial charge in [-0.3, -0.25) is 0 Å². The molecular weight excluding hydrogens is 160 g/mol. The Balaban J connectivity index is 2.93. The Morgan fingerprint density at radius 2 is 2.27 bits per heavy atom. The third-order valence-corrected chi connectivity index (χ3v) is 1.90. The third kappa shape index (κ3) is 0.867. The number of nitrogens with zero attached hydrogens (tertiary/aromatic N) is 1. The summed E-state index contributed by atoms with van der Waals surface area (Å²) < 4.78 is 0. The van der Waals surface area contributed by atoms with Gasteiger partial charge in [0.05, 0.1) is 11.8 Å². The normalized spacial score (nSPS) is 10.6. The number of H-pyrrole nitrogens is 1. The topological polar surface area (TPSA) is 48.9 Å². The summed E-state index contributed by atoms with van der Waals surface area (Å²) in [5.74, 6) is 0.132. The van der Waals surface area contributed by atoms with E-state index in [1.54, 1.807) is 6.07 Å². The van der Waals surface area contributed by atoms with Crippen molar-refractivity contribution in [1.29, 1.82) is 0 Å². The van der Waals surface area contributed by atoms with Gasteiger partial charge < -0.3 is 10.1 Å². The van der Waals surface area contributed by atoms with Crippen molar-refractivity contribution in [3.8, 4) is 5.75 Å². The maximum Gasteiger partial charge on any atom is 0.156 e. The minimum atomic E-state index is 0.132. The number of hydrogen-bond donors (Lipinski definition) is 3. The van der Waals surface area contributed by atoms with E-state index in [0.29, 0.717) is 10.4 Å². The molecule has 0 atom stereocenters. The number of aromatic hydroxyl groups is 1. The van der Waals surface area contributed by atoms with E-state index < -0.39 is 0 Å². The molecule has 4 heteroatoms. The van der Waals surface area contributed by atoms with E-state index in [4.69, 9.17) is 0 Å². The van der Waals surface area contributed by atoms with Gasteiger partial charge in [-0.25, -0.2) is 4.98 Å². The molecule has 0 unspecified atom stereocenters. The zero-order chi connectivity index (χ0) is 7.84. The number of thiol groups is 1.